The van der Waals surface area contributed by atoms with Crippen LogP contribution in [0.25, 0.3) is 10.9 Å². The lowest BCUT2D eigenvalue weighted by atomic mass is 9.86. The molecule has 6 heteroatoms. The van der Waals surface area contributed by atoms with E-state index < -0.39 is 0 Å². The van der Waals surface area contributed by atoms with Crippen LogP contribution in [0.5, 0.6) is 0 Å². The van der Waals surface area contributed by atoms with Crippen molar-refractivity contribution < 1.29 is 4.79 Å². The van der Waals surface area contributed by atoms with Crippen molar-refractivity contribution in [3.63, 3.8) is 0 Å². The topological polar surface area (TPSA) is 81.0 Å². The number of benzene rings is 2. The molecule has 0 atom stereocenters. The van der Waals surface area contributed by atoms with E-state index in [4.69, 9.17) is 10.2 Å². The van der Waals surface area contributed by atoms with Gasteiger partial charge in [0.25, 0.3) is 5.91 Å². The predicted molar refractivity (Wildman–Crippen MR) is 129 cm³/mol. The molecule has 1 aliphatic carbocycles. The summed E-state index contributed by atoms with van der Waals surface area (Å²) in [5, 5.41) is 16.7. The van der Waals surface area contributed by atoms with Gasteiger partial charge < -0.3 is 15.5 Å². The van der Waals surface area contributed by atoms with Crippen molar-refractivity contribution in [3.05, 3.63) is 65.7 Å². The number of anilines is 2. The SMILES string of the molecule is CN(C)c1cc(N[C@H]2CC[C@@H](CNC(=O)c3ccc(C#N)cc3)CC2)nc2ccccc12. The summed E-state index contributed by atoms with van der Waals surface area (Å²) in [7, 11) is 4.12. The second kappa shape index (κ2) is 9.69. The molecule has 0 aliphatic heterocycles. The van der Waals surface area contributed by atoms with Gasteiger partial charge in [-0.1, -0.05) is 18.2 Å². The van der Waals surface area contributed by atoms with Gasteiger partial charge in [-0.2, -0.15) is 5.26 Å². The average Bonchev–Trinajstić information content (AvgIpc) is 2.83. The van der Waals surface area contributed by atoms with Crippen LogP contribution in [0.1, 0.15) is 41.6 Å². The molecule has 3 aromatic rings. The highest BCUT2D eigenvalue weighted by atomic mass is 16.1. The molecule has 6 nitrogen and oxygen atoms in total. The Labute approximate surface area is 189 Å². The number of para-hydroxylation sites is 1. The number of fused-ring (bicyclic) bond motifs is 1. The third-order valence-electron chi connectivity index (χ3n) is 6.20. The van der Waals surface area contributed by atoms with Gasteiger partial charge in [-0.15, -0.1) is 0 Å². The predicted octanol–water partition coefficient (Wildman–Crippen LogP) is 4.57. The maximum absolute atomic E-state index is 12.4. The molecule has 0 spiro atoms. The summed E-state index contributed by atoms with van der Waals surface area (Å²) in [5.41, 5.74) is 3.32. The zero-order valence-electron chi connectivity index (χ0n) is 18.6. The van der Waals surface area contributed by atoms with Gasteiger partial charge in [-0.05, 0) is 61.9 Å². The van der Waals surface area contributed by atoms with E-state index in [1.165, 1.54) is 0 Å². The highest BCUT2D eigenvalue weighted by molar-refractivity contribution is 5.94. The Hall–Kier alpha value is -3.59. The number of pyridine rings is 1. The number of nitrogens with zero attached hydrogens (tertiary/aromatic N) is 3. The Morgan fingerprint density at radius 3 is 2.50 bits per heavy atom. The van der Waals surface area contributed by atoms with Crippen molar-refractivity contribution >= 4 is 28.3 Å². The van der Waals surface area contributed by atoms with Crippen LogP contribution in [0.3, 0.4) is 0 Å². The molecular weight excluding hydrogens is 398 g/mol. The maximum atomic E-state index is 12.4. The fourth-order valence-corrected chi connectivity index (χ4v) is 4.36. The van der Waals surface area contributed by atoms with Crippen LogP contribution in [-0.2, 0) is 0 Å². The third kappa shape index (κ3) is 5.00. The number of nitrogens with one attached hydrogen (secondary N) is 2. The Morgan fingerprint density at radius 2 is 1.81 bits per heavy atom. The number of carbonyl (C=O) groups is 1. The van der Waals surface area contributed by atoms with Crippen LogP contribution >= 0.6 is 0 Å². The van der Waals surface area contributed by atoms with E-state index in [1.54, 1.807) is 24.3 Å². The summed E-state index contributed by atoms with van der Waals surface area (Å²) in [6.07, 6.45) is 4.26. The molecule has 164 valence electrons. The summed E-state index contributed by atoms with van der Waals surface area (Å²) in [6, 6.07) is 19.6. The molecule has 1 aromatic heterocycles. The van der Waals surface area contributed by atoms with Gasteiger partial charge in [0.05, 0.1) is 17.1 Å². The Bertz CT molecular complexity index is 1130. The molecule has 0 radical (unpaired) electrons. The molecule has 1 aliphatic rings. The standard InChI is InChI=1S/C26H29N5O/c1-31(2)24-15-25(30-23-6-4-3-5-22(23)24)29-21-13-9-19(10-14-21)17-28-26(32)20-11-7-18(16-27)8-12-20/h3-8,11-12,15,19,21H,9-10,13-14,17H2,1-2H3,(H,28,32)(H,29,30)/t19-,21+. The highest BCUT2D eigenvalue weighted by Gasteiger charge is 2.22. The number of rotatable bonds is 6. The van der Waals surface area contributed by atoms with Crippen LogP contribution < -0.4 is 15.5 Å². The van der Waals surface area contributed by atoms with Gasteiger partial charge in [-0.3, -0.25) is 4.79 Å². The third-order valence-corrected chi connectivity index (χ3v) is 6.20. The van der Waals surface area contributed by atoms with E-state index in [1.807, 2.05) is 12.1 Å². The first-order valence-electron chi connectivity index (χ1n) is 11.2. The zero-order valence-corrected chi connectivity index (χ0v) is 18.6. The molecule has 1 amide bonds. The maximum Gasteiger partial charge on any atom is 0.251 e. The fourth-order valence-electron chi connectivity index (χ4n) is 4.36. The lowest BCUT2D eigenvalue weighted by Gasteiger charge is -2.30. The molecule has 4 rings (SSSR count). The molecule has 2 N–H and O–H groups in total. The van der Waals surface area contributed by atoms with Gasteiger partial charge in [0.1, 0.15) is 5.82 Å². The molecular formula is C26H29N5O. The first-order valence-corrected chi connectivity index (χ1v) is 11.2. The van der Waals surface area contributed by atoms with Gasteiger partial charge in [0.15, 0.2) is 0 Å². The fraction of sp³-hybridized carbons (Fsp3) is 0.346. The number of carbonyl (C=O) groups excluding carboxylic acids is 1. The van der Waals surface area contributed by atoms with Gasteiger partial charge >= 0.3 is 0 Å². The summed E-state index contributed by atoms with van der Waals surface area (Å²) >= 11 is 0. The Kier molecular flexibility index (Phi) is 6.55. The molecule has 0 unspecified atom stereocenters. The molecule has 0 bridgehead atoms. The van der Waals surface area contributed by atoms with Crippen molar-refractivity contribution in [1.29, 1.82) is 5.26 Å². The summed E-state index contributed by atoms with van der Waals surface area (Å²) < 4.78 is 0. The van der Waals surface area contributed by atoms with E-state index >= 15 is 0 Å². The van der Waals surface area contributed by atoms with Crippen molar-refractivity contribution in [2.45, 2.75) is 31.7 Å². The lowest BCUT2D eigenvalue weighted by Crippen LogP contribution is -2.34. The largest absolute Gasteiger partial charge is 0.377 e. The zero-order chi connectivity index (χ0) is 22.5. The summed E-state index contributed by atoms with van der Waals surface area (Å²) in [6.45, 7) is 0.685. The van der Waals surface area contributed by atoms with Crippen LogP contribution in [0.2, 0.25) is 0 Å². The minimum atomic E-state index is -0.0775. The second-order valence-electron chi connectivity index (χ2n) is 8.70. The monoisotopic (exact) mass is 427 g/mol. The van der Waals surface area contributed by atoms with Crippen LogP contribution in [0.15, 0.2) is 54.6 Å². The quantitative estimate of drug-likeness (QED) is 0.602. The number of hydrogen-bond acceptors (Lipinski definition) is 5. The smallest absolute Gasteiger partial charge is 0.251 e. The second-order valence-corrected chi connectivity index (χ2v) is 8.70. The van der Waals surface area contributed by atoms with Crippen molar-refractivity contribution in [1.82, 2.24) is 10.3 Å². The van der Waals surface area contributed by atoms with Crippen LogP contribution in [-0.4, -0.2) is 37.6 Å². The molecule has 1 saturated carbocycles. The van der Waals surface area contributed by atoms with Crippen molar-refractivity contribution in [3.8, 4) is 6.07 Å². The summed E-state index contributed by atoms with van der Waals surface area (Å²) in [5.74, 6) is 1.33. The molecule has 32 heavy (non-hydrogen) atoms. The van der Waals surface area contributed by atoms with Crippen molar-refractivity contribution in [2.24, 2.45) is 5.92 Å². The minimum Gasteiger partial charge on any atom is -0.377 e. The number of amides is 1. The van der Waals surface area contributed by atoms with E-state index in [0.717, 1.165) is 48.1 Å². The normalized spacial score (nSPS) is 18.0. The Morgan fingerprint density at radius 1 is 1.09 bits per heavy atom. The van der Waals surface area contributed by atoms with Gasteiger partial charge in [0, 0.05) is 49.4 Å². The number of nitriles is 1. The lowest BCUT2D eigenvalue weighted by molar-refractivity contribution is 0.0943. The first-order chi connectivity index (χ1) is 15.5. The van der Waals surface area contributed by atoms with Crippen molar-refractivity contribution in [2.75, 3.05) is 30.9 Å². The molecule has 0 saturated heterocycles. The summed E-state index contributed by atoms with van der Waals surface area (Å²) in [4.78, 5) is 19.3. The average molecular weight is 428 g/mol. The number of hydrogen-bond donors (Lipinski definition) is 2. The highest BCUT2D eigenvalue weighted by Crippen LogP contribution is 2.30. The number of aromatic nitrogens is 1. The molecule has 1 fully saturated rings. The van der Waals surface area contributed by atoms with E-state index in [2.05, 4.69) is 53.9 Å². The van der Waals surface area contributed by atoms with Gasteiger partial charge in [0.2, 0.25) is 0 Å². The minimum absolute atomic E-state index is 0.0775. The van der Waals surface area contributed by atoms with E-state index in [-0.39, 0.29) is 5.91 Å². The van der Waals surface area contributed by atoms with E-state index in [0.29, 0.717) is 29.6 Å². The Balaban J connectivity index is 1.30. The molecule has 1 heterocycles. The van der Waals surface area contributed by atoms with Crippen LogP contribution in [0, 0.1) is 17.2 Å². The van der Waals surface area contributed by atoms with E-state index in [9.17, 15) is 4.79 Å². The van der Waals surface area contributed by atoms with Gasteiger partial charge in [-0.25, -0.2) is 4.98 Å². The molecule has 2 aromatic carbocycles. The first kappa shape index (κ1) is 21.6. The van der Waals surface area contributed by atoms with Crippen LogP contribution in [0.4, 0.5) is 11.5 Å².